The third kappa shape index (κ3) is 16.8. The molecule has 0 amide bonds. The lowest BCUT2D eigenvalue weighted by molar-refractivity contribution is -0.152. The van der Waals surface area contributed by atoms with Gasteiger partial charge in [0.1, 0.15) is 6.10 Å². The monoisotopic (exact) mass is 384 g/mol. The summed E-state index contributed by atoms with van der Waals surface area (Å²) in [6.45, 7) is 8.92. The molecule has 1 atom stereocenters. The molecule has 4 heteroatoms. The van der Waals surface area contributed by atoms with E-state index in [2.05, 4.69) is 20.8 Å². The summed E-state index contributed by atoms with van der Waals surface area (Å²) in [7, 11) is 0. The van der Waals surface area contributed by atoms with E-state index in [0.717, 1.165) is 19.3 Å². The predicted octanol–water partition coefficient (Wildman–Crippen LogP) is 6.60. The molecule has 0 aliphatic carbocycles. The second-order valence-electron chi connectivity index (χ2n) is 7.94. The summed E-state index contributed by atoms with van der Waals surface area (Å²) in [5.41, 5.74) is 0. The third-order valence-electron chi connectivity index (χ3n) is 4.95. The molecular formula is C23H44O4. The minimum Gasteiger partial charge on any atom is -0.466 e. The number of carbonyl (C=O) groups is 2. The Kier molecular flexibility index (Phi) is 17.6. The first kappa shape index (κ1) is 25.9. The second-order valence-corrected chi connectivity index (χ2v) is 7.94. The first-order valence-electron chi connectivity index (χ1n) is 11.4. The Labute approximate surface area is 167 Å². The van der Waals surface area contributed by atoms with E-state index in [-0.39, 0.29) is 18.0 Å². The summed E-state index contributed by atoms with van der Waals surface area (Å²) >= 11 is 0. The first-order valence-corrected chi connectivity index (χ1v) is 11.4. The van der Waals surface area contributed by atoms with Crippen molar-refractivity contribution in [3.63, 3.8) is 0 Å². The van der Waals surface area contributed by atoms with E-state index >= 15 is 0 Å². The molecule has 4 nitrogen and oxygen atoms in total. The van der Waals surface area contributed by atoms with Crippen LogP contribution in [-0.2, 0) is 19.1 Å². The first-order chi connectivity index (χ1) is 13.0. The fourth-order valence-electron chi connectivity index (χ4n) is 3.13. The summed E-state index contributed by atoms with van der Waals surface area (Å²) in [6.07, 6.45) is 14.3. The predicted molar refractivity (Wildman–Crippen MR) is 112 cm³/mol. The molecule has 0 aromatic heterocycles. The van der Waals surface area contributed by atoms with Gasteiger partial charge < -0.3 is 9.47 Å². The van der Waals surface area contributed by atoms with Gasteiger partial charge in [0, 0.05) is 12.8 Å². The van der Waals surface area contributed by atoms with Crippen LogP contribution < -0.4 is 0 Å². The van der Waals surface area contributed by atoms with Gasteiger partial charge in [0.15, 0.2) is 0 Å². The summed E-state index contributed by atoms with van der Waals surface area (Å²) in [4.78, 5) is 23.5. The molecule has 0 heterocycles. The molecule has 0 rings (SSSR count). The van der Waals surface area contributed by atoms with Gasteiger partial charge in [-0.3, -0.25) is 9.59 Å². The number of esters is 2. The summed E-state index contributed by atoms with van der Waals surface area (Å²) < 4.78 is 10.7. The molecule has 0 aliphatic heterocycles. The number of hydrogen-bond donors (Lipinski definition) is 0. The number of hydrogen-bond acceptors (Lipinski definition) is 4. The molecule has 0 saturated heterocycles. The van der Waals surface area contributed by atoms with Crippen LogP contribution in [0.2, 0.25) is 0 Å². The molecular weight excluding hydrogens is 340 g/mol. The molecule has 0 bridgehead atoms. The van der Waals surface area contributed by atoms with Crippen molar-refractivity contribution in [1.29, 1.82) is 0 Å². The fourth-order valence-corrected chi connectivity index (χ4v) is 3.13. The lowest BCUT2D eigenvalue weighted by Crippen LogP contribution is -2.22. The van der Waals surface area contributed by atoms with Crippen molar-refractivity contribution >= 4 is 11.9 Å². The molecule has 0 aromatic carbocycles. The van der Waals surface area contributed by atoms with E-state index in [1.54, 1.807) is 0 Å². The smallest absolute Gasteiger partial charge is 0.306 e. The summed E-state index contributed by atoms with van der Waals surface area (Å²) in [5, 5.41) is 0. The maximum atomic E-state index is 11.8. The van der Waals surface area contributed by atoms with Gasteiger partial charge >= 0.3 is 11.9 Å². The van der Waals surface area contributed by atoms with E-state index in [9.17, 15) is 9.59 Å². The maximum Gasteiger partial charge on any atom is 0.306 e. The molecule has 0 fully saturated rings. The Hall–Kier alpha value is -1.06. The normalized spacial score (nSPS) is 12.2. The van der Waals surface area contributed by atoms with Crippen LogP contribution in [0.15, 0.2) is 0 Å². The van der Waals surface area contributed by atoms with Gasteiger partial charge in [0.25, 0.3) is 0 Å². The van der Waals surface area contributed by atoms with Gasteiger partial charge in [-0.1, -0.05) is 79.1 Å². The zero-order chi connectivity index (χ0) is 20.3. The molecule has 27 heavy (non-hydrogen) atoms. The topological polar surface area (TPSA) is 52.6 Å². The highest BCUT2D eigenvalue weighted by molar-refractivity contribution is 5.70. The van der Waals surface area contributed by atoms with Crippen molar-refractivity contribution in [3.05, 3.63) is 0 Å². The largest absolute Gasteiger partial charge is 0.466 e. The number of rotatable bonds is 18. The van der Waals surface area contributed by atoms with E-state index in [1.807, 2.05) is 6.92 Å². The minimum absolute atomic E-state index is 0.00111. The summed E-state index contributed by atoms with van der Waals surface area (Å²) in [6, 6.07) is 0. The highest BCUT2D eigenvalue weighted by Gasteiger charge is 2.16. The Morgan fingerprint density at radius 1 is 0.704 bits per heavy atom. The molecule has 0 radical (unpaired) electrons. The van der Waals surface area contributed by atoms with Crippen molar-refractivity contribution in [2.24, 2.45) is 5.92 Å². The highest BCUT2D eigenvalue weighted by atomic mass is 16.5. The standard InChI is InChI=1S/C23H44O4/c1-5-7-8-9-10-11-12-13-16-19-26-22(24)17-14-15-18-23(25)27-21(6-2)20(3)4/h20-21H,5-19H2,1-4H3. The molecule has 1 unspecified atom stereocenters. The lowest BCUT2D eigenvalue weighted by atomic mass is 10.1. The average Bonchev–Trinajstić information content (AvgIpc) is 2.64. The van der Waals surface area contributed by atoms with Gasteiger partial charge in [0.05, 0.1) is 6.61 Å². The van der Waals surface area contributed by atoms with Crippen LogP contribution in [0.3, 0.4) is 0 Å². The van der Waals surface area contributed by atoms with Crippen LogP contribution in [0.1, 0.15) is 118 Å². The zero-order valence-electron chi connectivity index (χ0n) is 18.4. The van der Waals surface area contributed by atoms with Crippen LogP contribution in [0.4, 0.5) is 0 Å². The maximum absolute atomic E-state index is 11.8. The van der Waals surface area contributed by atoms with E-state index < -0.39 is 0 Å². The van der Waals surface area contributed by atoms with Crippen molar-refractivity contribution in [2.75, 3.05) is 6.61 Å². The van der Waals surface area contributed by atoms with Gasteiger partial charge in [-0.2, -0.15) is 0 Å². The quantitative estimate of drug-likeness (QED) is 0.197. The van der Waals surface area contributed by atoms with Crippen molar-refractivity contribution in [3.8, 4) is 0 Å². The van der Waals surface area contributed by atoms with Crippen LogP contribution in [-0.4, -0.2) is 24.6 Å². The van der Waals surface area contributed by atoms with Gasteiger partial charge in [0.2, 0.25) is 0 Å². The Morgan fingerprint density at radius 2 is 1.22 bits per heavy atom. The highest BCUT2D eigenvalue weighted by Crippen LogP contribution is 2.13. The Morgan fingerprint density at radius 3 is 1.74 bits per heavy atom. The fraction of sp³-hybridized carbons (Fsp3) is 0.913. The van der Waals surface area contributed by atoms with E-state index in [1.165, 1.54) is 44.9 Å². The van der Waals surface area contributed by atoms with Crippen molar-refractivity contribution in [1.82, 2.24) is 0 Å². The van der Waals surface area contributed by atoms with E-state index in [0.29, 0.717) is 38.2 Å². The van der Waals surface area contributed by atoms with Gasteiger partial charge in [-0.15, -0.1) is 0 Å². The van der Waals surface area contributed by atoms with Gasteiger partial charge in [-0.25, -0.2) is 0 Å². The van der Waals surface area contributed by atoms with Crippen LogP contribution in [0.5, 0.6) is 0 Å². The SMILES string of the molecule is CCCCCCCCCCCOC(=O)CCCCC(=O)OC(CC)C(C)C. The Bertz CT molecular complexity index is 365. The number of ether oxygens (including phenoxy) is 2. The zero-order valence-corrected chi connectivity index (χ0v) is 18.4. The lowest BCUT2D eigenvalue weighted by Gasteiger charge is -2.19. The van der Waals surface area contributed by atoms with Crippen LogP contribution >= 0.6 is 0 Å². The average molecular weight is 385 g/mol. The number of unbranched alkanes of at least 4 members (excludes halogenated alkanes) is 9. The molecule has 0 spiro atoms. The van der Waals surface area contributed by atoms with E-state index in [4.69, 9.17) is 9.47 Å². The summed E-state index contributed by atoms with van der Waals surface area (Å²) in [5.74, 6) is 0.0464. The minimum atomic E-state index is -0.154. The Balaban J connectivity index is 3.45. The molecule has 0 aromatic rings. The van der Waals surface area contributed by atoms with Crippen molar-refractivity contribution in [2.45, 2.75) is 124 Å². The van der Waals surface area contributed by atoms with Crippen LogP contribution in [0, 0.1) is 5.92 Å². The molecule has 0 aliphatic rings. The van der Waals surface area contributed by atoms with Crippen LogP contribution in [0.25, 0.3) is 0 Å². The molecule has 0 N–H and O–H groups in total. The van der Waals surface area contributed by atoms with Crippen molar-refractivity contribution < 1.29 is 19.1 Å². The third-order valence-corrected chi connectivity index (χ3v) is 4.95. The molecule has 160 valence electrons. The van der Waals surface area contributed by atoms with Gasteiger partial charge in [-0.05, 0) is 31.6 Å². The molecule has 0 saturated carbocycles. The number of carbonyl (C=O) groups excluding carboxylic acids is 2. The second kappa shape index (κ2) is 18.3.